The molecule has 8 heteroatoms. The molecular weight excluding hydrogens is 463 g/mol. The van der Waals surface area contributed by atoms with Crippen molar-refractivity contribution in [2.75, 3.05) is 6.26 Å². The maximum absolute atomic E-state index is 11.8. The standard InChI is InChI=1S/C20H14Cl2N4OS.2C2H6/c1-28(27)20-23-11-10-15(24-20)18-17(12-6-3-2-4-7-12)25-19(26-18)16-13(21)8-5-9-14(16)22;2*1-2/h2-11H,1H3,(H,25,26);2*1-2H3. The molecule has 1 atom stereocenters. The first kappa shape index (κ1) is 25.7. The Morgan fingerprint density at radius 2 is 1.47 bits per heavy atom. The molecule has 0 spiro atoms. The van der Waals surface area contributed by atoms with E-state index in [2.05, 4.69) is 15.0 Å². The molecule has 0 saturated carbocycles. The fourth-order valence-corrected chi connectivity index (χ4v) is 3.84. The molecule has 0 bridgehead atoms. The molecule has 0 amide bonds. The summed E-state index contributed by atoms with van der Waals surface area (Å²) in [4.78, 5) is 16.6. The molecule has 4 aromatic rings. The van der Waals surface area contributed by atoms with Crippen molar-refractivity contribution in [3.05, 3.63) is 70.8 Å². The van der Waals surface area contributed by atoms with Gasteiger partial charge in [-0.1, -0.05) is 87.3 Å². The van der Waals surface area contributed by atoms with Gasteiger partial charge in [0.05, 0.1) is 43.5 Å². The van der Waals surface area contributed by atoms with Gasteiger partial charge in [-0.15, -0.1) is 0 Å². The summed E-state index contributed by atoms with van der Waals surface area (Å²) in [5, 5.41) is 1.24. The topological polar surface area (TPSA) is 71.5 Å². The Hall–Kier alpha value is -2.54. The molecule has 4 rings (SSSR count). The zero-order valence-corrected chi connectivity index (χ0v) is 21.0. The number of hydrogen-bond acceptors (Lipinski definition) is 4. The highest BCUT2D eigenvalue weighted by molar-refractivity contribution is 7.84. The first-order chi connectivity index (χ1) is 15.5. The second kappa shape index (κ2) is 12.5. The third-order valence-electron chi connectivity index (χ3n) is 4.10. The average molecular weight is 489 g/mol. The molecule has 0 saturated heterocycles. The highest BCUT2D eigenvalue weighted by Gasteiger charge is 2.20. The minimum absolute atomic E-state index is 0.253. The van der Waals surface area contributed by atoms with E-state index < -0.39 is 10.8 Å². The average Bonchev–Trinajstić information content (AvgIpc) is 3.27. The second-order valence-electron chi connectivity index (χ2n) is 5.95. The number of rotatable bonds is 4. The van der Waals surface area contributed by atoms with Gasteiger partial charge in [0.2, 0.25) is 5.16 Å². The second-order valence-corrected chi connectivity index (χ2v) is 8.04. The number of halogens is 2. The zero-order chi connectivity index (χ0) is 23.7. The quantitative estimate of drug-likeness (QED) is 0.306. The summed E-state index contributed by atoms with van der Waals surface area (Å²) in [5.41, 5.74) is 3.47. The lowest BCUT2D eigenvalue weighted by molar-refractivity contribution is 0.680. The third-order valence-corrected chi connectivity index (χ3v) is 5.44. The van der Waals surface area contributed by atoms with Crippen molar-refractivity contribution in [3.8, 4) is 34.0 Å². The van der Waals surface area contributed by atoms with E-state index in [1.54, 1.807) is 36.7 Å². The van der Waals surface area contributed by atoms with Crippen molar-refractivity contribution in [2.24, 2.45) is 0 Å². The predicted molar refractivity (Wildman–Crippen MR) is 136 cm³/mol. The lowest BCUT2D eigenvalue weighted by Crippen LogP contribution is -1.98. The van der Waals surface area contributed by atoms with Gasteiger partial charge in [-0.3, -0.25) is 4.21 Å². The van der Waals surface area contributed by atoms with Gasteiger partial charge < -0.3 is 4.98 Å². The molecule has 0 fully saturated rings. The largest absolute Gasteiger partial charge is 0.336 e. The van der Waals surface area contributed by atoms with E-state index >= 15 is 0 Å². The van der Waals surface area contributed by atoms with Crippen LogP contribution in [0.2, 0.25) is 10.0 Å². The van der Waals surface area contributed by atoms with Crippen LogP contribution in [0.5, 0.6) is 0 Å². The molecular formula is C24H26Cl2N4OS. The van der Waals surface area contributed by atoms with E-state index in [1.807, 2.05) is 58.0 Å². The number of hydrogen-bond donors (Lipinski definition) is 1. The predicted octanol–water partition coefficient (Wildman–Crippen LogP) is 7.30. The SMILES string of the molecule is CC.CC.CS(=O)c1nccc(-c2[nH]c(-c3c(Cl)cccc3Cl)nc2-c2ccccc2)n1. The van der Waals surface area contributed by atoms with Crippen molar-refractivity contribution in [1.82, 2.24) is 19.9 Å². The van der Waals surface area contributed by atoms with Gasteiger partial charge in [0.15, 0.2) is 0 Å². The van der Waals surface area contributed by atoms with E-state index in [4.69, 9.17) is 28.2 Å². The van der Waals surface area contributed by atoms with Crippen molar-refractivity contribution in [3.63, 3.8) is 0 Å². The van der Waals surface area contributed by atoms with Crippen LogP contribution in [0.4, 0.5) is 0 Å². The zero-order valence-electron chi connectivity index (χ0n) is 18.7. The van der Waals surface area contributed by atoms with Gasteiger partial charge >= 0.3 is 0 Å². The Labute approximate surface area is 201 Å². The van der Waals surface area contributed by atoms with E-state index in [1.165, 1.54) is 0 Å². The molecule has 0 aliphatic carbocycles. The third kappa shape index (κ3) is 5.82. The summed E-state index contributed by atoms with van der Waals surface area (Å²) in [5.74, 6) is 0.530. The first-order valence-electron chi connectivity index (χ1n) is 10.3. The number of aromatic amines is 1. The van der Waals surface area contributed by atoms with Crippen LogP contribution >= 0.6 is 23.2 Å². The first-order valence-corrected chi connectivity index (χ1v) is 12.6. The van der Waals surface area contributed by atoms with Crippen molar-refractivity contribution >= 4 is 34.0 Å². The molecule has 32 heavy (non-hydrogen) atoms. The maximum atomic E-state index is 11.8. The highest BCUT2D eigenvalue weighted by atomic mass is 35.5. The van der Waals surface area contributed by atoms with Crippen molar-refractivity contribution in [1.29, 1.82) is 0 Å². The lowest BCUT2D eigenvalue weighted by atomic mass is 10.1. The van der Waals surface area contributed by atoms with Gasteiger partial charge in [-0.25, -0.2) is 15.0 Å². The molecule has 2 aromatic carbocycles. The molecule has 1 unspecified atom stereocenters. The Morgan fingerprint density at radius 1 is 0.844 bits per heavy atom. The van der Waals surface area contributed by atoms with Crippen LogP contribution in [0.25, 0.3) is 34.0 Å². The molecule has 0 radical (unpaired) electrons. The van der Waals surface area contributed by atoms with Crippen LogP contribution in [-0.2, 0) is 10.8 Å². The Bertz CT molecular complexity index is 1160. The number of nitrogens with one attached hydrogen (secondary N) is 1. The van der Waals surface area contributed by atoms with Crippen molar-refractivity contribution < 1.29 is 4.21 Å². The van der Waals surface area contributed by atoms with Gasteiger partial charge in [0.25, 0.3) is 0 Å². The molecule has 2 heterocycles. The molecule has 168 valence electrons. The van der Waals surface area contributed by atoms with Gasteiger partial charge in [-0.05, 0) is 18.2 Å². The summed E-state index contributed by atoms with van der Waals surface area (Å²) in [6.45, 7) is 8.00. The molecule has 1 N–H and O–H groups in total. The summed E-state index contributed by atoms with van der Waals surface area (Å²) < 4.78 is 11.8. The van der Waals surface area contributed by atoms with Crippen LogP contribution in [0.3, 0.4) is 0 Å². The normalized spacial score (nSPS) is 11.0. The van der Waals surface area contributed by atoms with E-state index in [0.29, 0.717) is 38.5 Å². The maximum Gasteiger partial charge on any atom is 0.218 e. The Balaban J connectivity index is 0.000000860. The molecule has 2 aromatic heterocycles. The number of H-pyrrole nitrogens is 1. The molecule has 0 aliphatic heterocycles. The summed E-state index contributed by atoms with van der Waals surface area (Å²) in [7, 11) is -1.30. The molecule has 0 aliphatic rings. The van der Waals surface area contributed by atoms with Crippen LogP contribution in [0.1, 0.15) is 27.7 Å². The fourth-order valence-electron chi connectivity index (χ4n) is 2.82. The van der Waals surface area contributed by atoms with Gasteiger partial charge in [-0.2, -0.15) is 0 Å². The van der Waals surface area contributed by atoms with E-state index in [9.17, 15) is 4.21 Å². The lowest BCUT2D eigenvalue weighted by Gasteiger charge is -2.04. The van der Waals surface area contributed by atoms with Crippen LogP contribution in [-0.4, -0.2) is 30.4 Å². The fraction of sp³-hybridized carbons (Fsp3) is 0.208. The smallest absolute Gasteiger partial charge is 0.218 e. The van der Waals surface area contributed by atoms with E-state index in [0.717, 1.165) is 5.56 Å². The van der Waals surface area contributed by atoms with Gasteiger partial charge in [0, 0.05) is 18.0 Å². The summed E-state index contributed by atoms with van der Waals surface area (Å²) in [6.07, 6.45) is 3.12. The number of benzene rings is 2. The Morgan fingerprint density at radius 3 is 2.06 bits per heavy atom. The monoisotopic (exact) mass is 488 g/mol. The van der Waals surface area contributed by atoms with Gasteiger partial charge in [0.1, 0.15) is 5.82 Å². The van der Waals surface area contributed by atoms with E-state index in [-0.39, 0.29) is 5.16 Å². The number of aromatic nitrogens is 4. The molecule has 5 nitrogen and oxygen atoms in total. The van der Waals surface area contributed by atoms with Crippen molar-refractivity contribution in [2.45, 2.75) is 32.9 Å². The van der Waals surface area contributed by atoms with Crippen LogP contribution < -0.4 is 0 Å². The van der Waals surface area contributed by atoms with Crippen LogP contribution in [0.15, 0.2) is 66.0 Å². The number of imidazole rings is 1. The summed E-state index contributed by atoms with van der Waals surface area (Å²) >= 11 is 12.7. The van der Waals surface area contributed by atoms with Crippen LogP contribution in [0, 0.1) is 0 Å². The summed E-state index contributed by atoms with van der Waals surface area (Å²) in [6, 6.07) is 16.8. The Kier molecular flexibility index (Phi) is 10.0. The minimum atomic E-state index is -1.30. The number of nitrogens with zero attached hydrogens (tertiary/aromatic N) is 3. The minimum Gasteiger partial charge on any atom is -0.336 e. The highest BCUT2D eigenvalue weighted by Crippen LogP contribution is 2.37.